The molecule has 0 fully saturated rings. The summed E-state index contributed by atoms with van der Waals surface area (Å²) in [5.74, 6) is -0.101. The summed E-state index contributed by atoms with van der Waals surface area (Å²) in [5, 5.41) is 0. The van der Waals surface area contributed by atoms with Gasteiger partial charge in [-0.25, -0.2) is 4.98 Å². The molecule has 0 aliphatic rings. The Bertz CT molecular complexity index is 999. The number of hydrogen-bond acceptors (Lipinski definition) is 4. The molecule has 0 spiro atoms. The van der Waals surface area contributed by atoms with Gasteiger partial charge in [0.2, 0.25) is 0 Å². The highest BCUT2D eigenvalue weighted by atomic mass is 19.4. The predicted octanol–water partition coefficient (Wildman–Crippen LogP) is 3.79. The zero-order valence-electron chi connectivity index (χ0n) is 15.4. The van der Waals surface area contributed by atoms with Crippen molar-refractivity contribution in [1.82, 2.24) is 19.9 Å². The molecule has 0 bridgehead atoms. The Balaban J connectivity index is 1.78. The summed E-state index contributed by atoms with van der Waals surface area (Å²) < 4.78 is 39.3. The van der Waals surface area contributed by atoms with E-state index in [4.69, 9.17) is 0 Å². The zero-order valence-corrected chi connectivity index (χ0v) is 15.4. The SMILES string of the molecule is Cc1c(C(F)(F)F)nc(-c2ccc(CN(C)Cc3ccccn3)cc2)[nH]c1=O. The molecule has 0 radical (unpaired) electrons. The maximum Gasteiger partial charge on any atom is 0.433 e. The first-order valence-corrected chi connectivity index (χ1v) is 8.60. The van der Waals surface area contributed by atoms with Gasteiger partial charge >= 0.3 is 6.18 Å². The normalized spacial score (nSPS) is 11.8. The number of H-pyrrole nitrogens is 1. The molecule has 2 aromatic heterocycles. The van der Waals surface area contributed by atoms with E-state index in [1.165, 1.54) is 0 Å². The molecule has 3 aromatic rings. The second-order valence-electron chi connectivity index (χ2n) is 6.58. The third-order valence-corrected chi connectivity index (χ3v) is 4.26. The Labute approximate surface area is 159 Å². The number of benzene rings is 1. The number of aromatic nitrogens is 3. The third-order valence-electron chi connectivity index (χ3n) is 4.26. The fourth-order valence-electron chi connectivity index (χ4n) is 2.85. The molecular weight excluding hydrogens is 369 g/mol. The summed E-state index contributed by atoms with van der Waals surface area (Å²) in [7, 11) is 1.96. The van der Waals surface area contributed by atoms with Crippen LogP contribution in [-0.4, -0.2) is 26.9 Å². The van der Waals surface area contributed by atoms with Crippen LogP contribution in [0.3, 0.4) is 0 Å². The molecule has 2 heterocycles. The van der Waals surface area contributed by atoms with Gasteiger partial charge < -0.3 is 4.98 Å². The van der Waals surface area contributed by atoms with Crippen LogP contribution in [0.25, 0.3) is 11.4 Å². The lowest BCUT2D eigenvalue weighted by Gasteiger charge is -2.16. The number of hydrogen-bond donors (Lipinski definition) is 1. The van der Waals surface area contributed by atoms with Gasteiger partial charge in [0.05, 0.1) is 5.69 Å². The average molecular weight is 388 g/mol. The van der Waals surface area contributed by atoms with Gasteiger partial charge in [-0.2, -0.15) is 13.2 Å². The Hall–Kier alpha value is -3.00. The smallest absolute Gasteiger partial charge is 0.306 e. The van der Waals surface area contributed by atoms with Crippen molar-refractivity contribution >= 4 is 0 Å². The first kappa shape index (κ1) is 19.8. The molecule has 28 heavy (non-hydrogen) atoms. The summed E-state index contributed by atoms with van der Waals surface area (Å²) in [5.41, 5.74) is -0.0555. The minimum Gasteiger partial charge on any atom is -0.306 e. The van der Waals surface area contributed by atoms with Gasteiger partial charge in [-0.05, 0) is 31.7 Å². The molecule has 0 amide bonds. The standard InChI is InChI=1S/C20H19F3N4O/c1-13-17(20(21,22)23)25-18(26-19(13)28)15-8-6-14(7-9-15)11-27(2)12-16-5-3-4-10-24-16/h3-10H,11-12H2,1-2H3,(H,25,26,28). The molecule has 0 atom stereocenters. The van der Waals surface area contributed by atoms with E-state index in [-0.39, 0.29) is 5.82 Å². The molecule has 8 heteroatoms. The van der Waals surface area contributed by atoms with Crippen molar-refractivity contribution in [2.24, 2.45) is 0 Å². The van der Waals surface area contributed by atoms with Crippen molar-refractivity contribution in [1.29, 1.82) is 0 Å². The molecule has 0 saturated heterocycles. The molecule has 0 unspecified atom stereocenters. The van der Waals surface area contributed by atoms with Crippen molar-refractivity contribution < 1.29 is 13.2 Å². The van der Waals surface area contributed by atoms with E-state index < -0.39 is 23.0 Å². The first-order valence-electron chi connectivity index (χ1n) is 8.60. The van der Waals surface area contributed by atoms with Gasteiger partial charge in [0.1, 0.15) is 5.82 Å². The van der Waals surface area contributed by atoms with Crippen LogP contribution in [0, 0.1) is 6.92 Å². The topological polar surface area (TPSA) is 61.9 Å². The maximum atomic E-state index is 13.1. The van der Waals surface area contributed by atoms with Crippen LogP contribution in [0.1, 0.15) is 22.5 Å². The monoisotopic (exact) mass is 388 g/mol. The van der Waals surface area contributed by atoms with E-state index in [9.17, 15) is 18.0 Å². The van der Waals surface area contributed by atoms with E-state index in [0.717, 1.165) is 18.2 Å². The number of alkyl halides is 3. The van der Waals surface area contributed by atoms with Crippen LogP contribution in [0.2, 0.25) is 0 Å². The molecule has 1 aromatic carbocycles. The quantitative estimate of drug-likeness (QED) is 0.722. The number of nitrogens with zero attached hydrogens (tertiary/aromatic N) is 3. The van der Waals surface area contributed by atoms with Crippen LogP contribution in [-0.2, 0) is 19.3 Å². The molecule has 146 valence electrons. The summed E-state index contributed by atoms with van der Waals surface area (Å²) >= 11 is 0. The Morgan fingerprint density at radius 2 is 1.79 bits per heavy atom. The van der Waals surface area contributed by atoms with Gasteiger partial charge in [0, 0.05) is 30.4 Å². The van der Waals surface area contributed by atoms with Crippen molar-refractivity contribution in [3.8, 4) is 11.4 Å². The highest BCUT2D eigenvalue weighted by Gasteiger charge is 2.36. The minimum absolute atomic E-state index is 0.101. The first-order chi connectivity index (χ1) is 13.2. The van der Waals surface area contributed by atoms with Crippen molar-refractivity contribution in [2.75, 3.05) is 7.05 Å². The number of rotatable bonds is 5. The lowest BCUT2D eigenvalue weighted by atomic mass is 10.1. The number of nitrogens with one attached hydrogen (secondary N) is 1. The van der Waals surface area contributed by atoms with E-state index in [0.29, 0.717) is 18.7 Å². The van der Waals surface area contributed by atoms with Gasteiger partial charge in [0.15, 0.2) is 5.69 Å². The highest BCUT2D eigenvalue weighted by molar-refractivity contribution is 5.55. The van der Waals surface area contributed by atoms with Gasteiger partial charge in [-0.1, -0.05) is 30.3 Å². The second kappa shape index (κ2) is 7.93. The zero-order chi connectivity index (χ0) is 20.3. The third kappa shape index (κ3) is 4.64. The van der Waals surface area contributed by atoms with E-state index in [2.05, 4.69) is 19.9 Å². The molecule has 0 aliphatic carbocycles. The number of pyridine rings is 1. The second-order valence-corrected chi connectivity index (χ2v) is 6.58. The Morgan fingerprint density at radius 3 is 2.39 bits per heavy atom. The summed E-state index contributed by atoms with van der Waals surface area (Å²) in [4.78, 5) is 24.2. The lowest BCUT2D eigenvalue weighted by molar-refractivity contribution is -0.141. The van der Waals surface area contributed by atoms with E-state index in [1.54, 1.807) is 30.5 Å². The van der Waals surface area contributed by atoms with Crippen molar-refractivity contribution in [3.05, 3.63) is 81.5 Å². The fraction of sp³-hybridized carbons (Fsp3) is 0.250. The van der Waals surface area contributed by atoms with Gasteiger partial charge in [-0.3, -0.25) is 14.7 Å². The molecule has 5 nitrogen and oxygen atoms in total. The number of aromatic amines is 1. The van der Waals surface area contributed by atoms with Crippen LogP contribution in [0.4, 0.5) is 13.2 Å². The molecule has 0 aliphatic heterocycles. The van der Waals surface area contributed by atoms with Crippen molar-refractivity contribution in [2.45, 2.75) is 26.2 Å². The van der Waals surface area contributed by atoms with Crippen LogP contribution in [0.15, 0.2) is 53.5 Å². The average Bonchev–Trinajstić information content (AvgIpc) is 2.64. The minimum atomic E-state index is -4.68. The summed E-state index contributed by atoms with van der Waals surface area (Å²) in [6.07, 6.45) is -2.94. The van der Waals surface area contributed by atoms with Crippen LogP contribution < -0.4 is 5.56 Å². The van der Waals surface area contributed by atoms with E-state index >= 15 is 0 Å². The molecular formula is C20H19F3N4O. The Kier molecular flexibility index (Phi) is 5.60. The molecule has 3 rings (SSSR count). The fourth-order valence-corrected chi connectivity index (χ4v) is 2.85. The van der Waals surface area contributed by atoms with Gasteiger partial charge in [0.25, 0.3) is 5.56 Å². The lowest BCUT2D eigenvalue weighted by Crippen LogP contribution is -2.21. The predicted molar refractivity (Wildman–Crippen MR) is 99.4 cm³/mol. The van der Waals surface area contributed by atoms with Crippen LogP contribution in [0.5, 0.6) is 0 Å². The molecule has 0 saturated carbocycles. The van der Waals surface area contributed by atoms with Crippen molar-refractivity contribution in [3.63, 3.8) is 0 Å². The highest BCUT2D eigenvalue weighted by Crippen LogP contribution is 2.30. The summed E-state index contributed by atoms with van der Waals surface area (Å²) in [6.45, 7) is 2.42. The molecule has 1 N–H and O–H groups in total. The van der Waals surface area contributed by atoms with Gasteiger partial charge in [-0.15, -0.1) is 0 Å². The van der Waals surface area contributed by atoms with Crippen LogP contribution >= 0.6 is 0 Å². The maximum absolute atomic E-state index is 13.1. The Morgan fingerprint density at radius 1 is 1.07 bits per heavy atom. The largest absolute Gasteiger partial charge is 0.433 e. The van der Waals surface area contributed by atoms with E-state index in [1.807, 2.05) is 25.2 Å². The summed E-state index contributed by atoms with van der Waals surface area (Å²) in [6, 6.07) is 12.6. The number of halogens is 3.